The van der Waals surface area contributed by atoms with E-state index in [9.17, 15) is 0 Å². The number of hydrogen-bond donors (Lipinski definition) is 1. The van der Waals surface area contributed by atoms with Crippen molar-refractivity contribution in [2.45, 2.75) is 13.1 Å². The number of hydrogen-bond acceptors (Lipinski definition) is 4. The van der Waals surface area contributed by atoms with Gasteiger partial charge < -0.3 is 10.1 Å². The lowest BCUT2D eigenvalue weighted by Crippen LogP contribution is -2.19. The van der Waals surface area contributed by atoms with Gasteiger partial charge in [-0.2, -0.15) is 16.9 Å². The molecule has 0 bridgehead atoms. The number of aromatic nitrogens is 2. The van der Waals surface area contributed by atoms with Crippen molar-refractivity contribution in [1.29, 1.82) is 0 Å². The summed E-state index contributed by atoms with van der Waals surface area (Å²) in [4.78, 5) is 0. The van der Waals surface area contributed by atoms with Crippen molar-refractivity contribution in [3.05, 3.63) is 30.0 Å². The van der Waals surface area contributed by atoms with Gasteiger partial charge in [-0.3, -0.25) is 4.68 Å². The first kappa shape index (κ1) is 14.4. The molecule has 0 aliphatic heterocycles. The standard InChI is InChI=1S/C14H21N3OS/c1-18-9-7-15-11-13-12-5-3-4-6-14(12)17(16-13)8-10-19-2/h3-6,15H,7-11H2,1-2H3. The topological polar surface area (TPSA) is 39.1 Å². The molecule has 0 atom stereocenters. The number of fused-ring (bicyclic) bond motifs is 1. The van der Waals surface area contributed by atoms with Crippen LogP contribution in [-0.2, 0) is 17.8 Å². The molecule has 19 heavy (non-hydrogen) atoms. The largest absolute Gasteiger partial charge is 0.383 e. The zero-order valence-corrected chi connectivity index (χ0v) is 12.4. The summed E-state index contributed by atoms with van der Waals surface area (Å²) in [6, 6.07) is 8.43. The number of benzene rings is 1. The normalized spacial score (nSPS) is 11.3. The summed E-state index contributed by atoms with van der Waals surface area (Å²) in [7, 11) is 1.72. The van der Waals surface area contributed by atoms with E-state index < -0.39 is 0 Å². The summed E-state index contributed by atoms with van der Waals surface area (Å²) < 4.78 is 7.14. The Morgan fingerprint density at radius 3 is 3.00 bits per heavy atom. The fraction of sp³-hybridized carbons (Fsp3) is 0.500. The molecule has 0 saturated carbocycles. The van der Waals surface area contributed by atoms with Gasteiger partial charge in [-0.1, -0.05) is 18.2 Å². The van der Waals surface area contributed by atoms with Crippen molar-refractivity contribution >= 4 is 22.7 Å². The molecule has 104 valence electrons. The fourth-order valence-corrected chi connectivity index (χ4v) is 2.41. The Bertz CT molecular complexity index is 512. The van der Waals surface area contributed by atoms with Crippen molar-refractivity contribution in [2.24, 2.45) is 0 Å². The van der Waals surface area contributed by atoms with Gasteiger partial charge in [-0.05, 0) is 12.3 Å². The van der Waals surface area contributed by atoms with Crippen molar-refractivity contribution in [3.63, 3.8) is 0 Å². The number of ether oxygens (including phenoxy) is 1. The Morgan fingerprint density at radius 2 is 2.21 bits per heavy atom. The number of methoxy groups -OCH3 is 1. The lowest BCUT2D eigenvalue weighted by Gasteiger charge is -2.01. The molecule has 0 saturated heterocycles. The molecule has 0 amide bonds. The van der Waals surface area contributed by atoms with Crippen molar-refractivity contribution in [3.8, 4) is 0 Å². The van der Waals surface area contributed by atoms with Gasteiger partial charge >= 0.3 is 0 Å². The van der Waals surface area contributed by atoms with Crippen LogP contribution in [0.25, 0.3) is 10.9 Å². The molecule has 1 N–H and O–H groups in total. The van der Waals surface area contributed by atoms with Gasteiger partial charge in [0.15, 0.2) is 0 Å². The predicted molar refractivity (Wildman–Crippen MR) is 81.7 cm³/mol. The first-order valence-corrected chi connectivity index (χ1v) is 7.89. The smallest absolute Gasteiger partial charge is 0.0841 e. The number of nitrogens with one attached hydrogen (secondary N) is 1. The third kappa shape index (κ3) is 3.72. The quantitative estimate of drug-likeness (QED) is 0.751. The highest BCUT2D eigenvalue weighted by molar-refractivity contribution is 7.98. The first-order chi connectivity index (χ1) is 9.36. The molecule has 1 aromatic heterocycles. The third-order valence-electron chi connectivity index (χ3n) is 3.02. The summed E-state index contributed by atoms with van der Waals surface area (Å²) in [5, 5.41) is 9.33. The monoisotopic (exact) mass is 279 g/mol. The minimum absolute atomic E-state index is 0.727. The van der Waals surface area contributed by atoms with Crippen LogP contribution < -0.4 is 5.32 Å². The van der Waals surface area contributed by atoms with Gasteiger partial charge in [0.25, 0.3) is 0 Å². The van der Waals surface area contributed by atoms with Gasteiger partial charge in [0.1, 0.15) is 0 Å². The number of thioether (sulfide) groups is 1. The van der Waals surface area contributed by atoms with E-state index in [-0.39, 0.29) is 0 Å². The molecule has 1 heterocycles. The molecular weight excluding hydrogens is 258 g/mol. The van der Waals surface area contributed by atoms with E-state index in [0.29, 0.717) is 0 Å². The van der Waals surface area contributed by atoms with Gasteiger partial charge in [0, 0.05) is 31.3 Å². The van der Waals surface area contributed by atoms with Crippen molar-refractivity contribution < 1.29 is 4.74 Å². The minimum atomic E-state index is 0.727. The number of para-hydroxylation sites is 1. The van der Waals surface area contributed by atoms with E-state index >= 15 is 0 Å². The highest BCUT2D eigenvalue weighted by Gasteiger charge is 2.08. The van der Waals surface area contributed by atoms with Crippen LogP contribution in [-0.4, -0.2) is 42.1 Å². The van der Waals surface area contributed by atoms with Gasteiger partial charge in [-0.25, -0.2) is 0 Å². The van der Waals surface area contributed by atoms with Crippen LogP contribution in [0.2, 0.25) is 0 Å². The Balaban J connectivity index is 2.13. The molecule has 2 rings (SSSR count). The van der Waals surface area contributed by atoms with Crippen LogP contribution in [0.1, 0.15) is 5.69 Å². The van der Waals surface area contributed by atoms with Crippen LogP contribution in [0.5, 0.6) is 0 Å². The van der Waals surface area contributed by atoms with Crippen LogP contribution in [0.4, 0.5) is 0 Å². The van der Waals surface area contributed by atoms with Gasteiger partial charge in [-0.15, -0.1) is 0 Å². The summed E-state index contributed by atoms with van der Waals surface area (Å²) >= 11 is 1.85. The van der Waals surface area contributed by atoms with Crippen molar-refractivity contribution in [1.82, 2.24) is 15.1 Å². The molecule has 0 fully saturated rings. The number of nitrogens with zero attached hydrogens (tertiary/aromatic N) is 2. The van der Waals surface area contributed by atoms with E-state index in [1.807, 2.05) is 11.8 Å². The van der Waals surface area contributed by atoms with E-state index in [1.54, 1.807) is 7.11 Å². The van der Waals surface area contributed by atoms with Crippen LogP contribution in [0.3, 0.4) is 0 Å². The minimum Gasteiger partial charge on any atom is -0.383 e. The van der Waals surface area contributed by atoms with E-state index in [0.717, 1.165) is 37.7 Å². The maximum atomic E-state index is 5.03. The lowest BCUT2D eigenvalue weighted by molar-refractivity contribution is 0.199. The highest BCUT2D eigenvalue weighted by atomic mass is 32.2. The molecule has 0 aliphatic carbocycles. The molecule has 5 heteroatoms. The zero-order chi connectivity index (χ0) is 13.5. The molecule has 0 radical (unpaired) electrons. The Hall–Kier alpha value is -1.04. The van der Waals surface area contributed by atoms with Gasteiger partial charge in [0.2, 0.25) is 0 Å². The van der Waals surface area contributed by atoms with Crippen LogP contribution in [0.15, 0.2) is 24.3 Å². The Morgan fingerprint density at radius 1 is 1.37 bits per heavy atom. The van der Waals surface area contributed by atoms with E-state index in [1.165, 1.54) is 10.9 Å². The van der Waals surface area contributed by atoms with E-state index in [2.05, 4.69) is 40.5 Å². The second-order valence-corrected chi connectivity index (χ2v) is 5.33. The Kier molecular flexibility index (Phi) is 5.69. The van der Waals surface area contributed by atoms with Crippen LogP contribution in [0, 0.1) is 0 Å². The number of rotatable bonds is 8. The summed E-state index contributed by atoms with van der Waals surface area (Å²) in [5.41, 5.74) is 2.34. The molecule has 2 aromatic rings. The average Bonchev–Trinajstić information content (AvgIpc) is 2.80. The summed E-state index contributed by atoms with van der Waals surface area (Å²) in [5.74, 6) is 1.09. The highest BCUT2D eigenvalue weighted by Crippen LogP contribution is 2.18. The molecule has 1 aromatic carbocycles. The average molecular weight is 279 g/mol. The SMILES string of the molecule is COCCNCc1nn(CCSC)c2ccccc12. The lowest BCUT2D eigenvalue weighted by atomic mass is 10.2. The summed E-state index contributed by atoms with van der Waals surface area (Å²) in [6.45, 7) is 3.32. The zero-order valence-electron chi connectivity index (χ0n) is 11.6. The fourth-order valence-electron chi connectivity index (χ4n) is 2.06. The predicted octanol–water partition coefficient (Wildman–Crippen LogP) is 2.14. The number of aryl methyl sites for hydroxylation is 1. The molecule has 0 unspecified atom stereocenters. The second kappa shape index (κ2) is 7.53. The van der Waals surface area contributed by atoms with E-state index in [4.69, 9.17) is 9.84 Å². The second-order valence-electron chi connectivity index (χ2n) is 4.35. The van der Waals surface area contributed by atoms with Crippen molar-refractivity contribution in [2.75, 3.05) is 32.3 Å². The van der Waals surface area contributed by atoms with Gasteiger partial charge in [0.05, 0.1) is 24.4 Å². The summed E-state index contributed by atoms with van der Waals surface area (Å²) in [6.07, 6.45) is 2.12. The molecule has 0 aliphatic rings. The molecule has 0 spiro atoms. The maximum Gasteiger partial charge on any atom is 0.0841 e. The molecule has 4 nitrogen and oxygen atoms in total. The third-order valence-corrected chi connectivity index (χ3v) is 3.61. The van der Waals surface area contributed by atoms with Crippen LogP contribution >= 0.6 is 11.8 Å². The Labute approximate surface area is 118 Å². The first-order valence-electron chi connectivity index (χ1n) is 6.50. The molecular formula is C14H21N3OS. The maximum absolute atomic E-state index is 5.03.